The van der Waals surface area contributed by atoms with Crippen molar-refractivity contribution in [1.29, 1.82) is 0 Å². The molecule has 0 radical (unpaired) electrons. The van der Waals surface area contributed by atoms with Gasteiger partial charge in [-0.05, 0) is 12.1 Å². The van der Waals surface area contributed by atoms with Crippen molar-refractivity contribution >= 4 is 23.7 Å². The maximum absolute atomic E-state index is 12.6. The van der Waals surface area contributed by atoms with E-state index in [0.29, 0.717) is 0 Å². The third-order valence-corrected chi connectivity index (χ3v) is 3.31. The summed E-state index contributed by atoms with van der Waals surface area (Å²) in [5.41, 5.74) is -0.857. The number of ether oxygens (including phenoxy) is 1. The summed E-state index contributed by atoms with van der Waals surface area (Å²) in [6.45, 7) is 0. The first-order chi connectivity index (χ1) is 10.5. The number of benzene rings is 2. The molecular formula is C16H8O6. The smallest absolute Gasteiger partial charge is 0.347 e. The summed E-state index contributed by atoms with van der Waals surface area (Å²) in [6.07, 6.45) is 0. The Hall–Kier alpha value is -3.28. The molecule has 0 atom stereocenters. The number of carboxylic acids is 1. The summed E-state index contributed by atoms with van der Waals surface area (Å²) in [6, 6.07) is 10.2. The lowest BCUT2D eigenvalue weighted by atomic mass is 9.91. The van der Waals surface area contributed by atoms with E-state index < -0.39 is 23.7 Å². The lowest BCUT2D eigenvalue weighted by molar-refractivity contribution is 0.0442. The van der Waals surface area contributed by atoms with Crippen LogP contribution >= 0.6 is 0 Å². The van der Waals surface area contributed by atoms with Crippen LogP contribution in [0.2, 0.25) is 0 Å². The molecule has 2 aromatic rings. The maximum atomic E-state index is 12.6. The van der Waals surface area contributed by atoms with Crippen LogP contribution in [0, 0.1) is 0 Å². The molecule has 0 aliphatic carbocycles. The molecule has 0 bridgehead atoms. The molecule has 0 fully saturated rings. The zero-order chi connectivity index (χ0) is 15.9. The molecule has 0 amide bonds. The molecule has 1 N–H and O–H groups in total. The van der Waals surface area contributed by atoms with Crippen LogP contribution in [0.3, 0.4) is 0 Å². The monoisotopic (exact) mass is 296 g/mol. The molecule has 108 valence electrons. The van der Waals surface area contributed by atoms with Crippen molar-refractivity contribution in [3.8, 4) is 0 Å². The highest BCUT2D eigenvalue weighted by molar-refractivity contribution is 6.25. The molecule has 0 unspecified atom stereocenters. The number of fused-ring (bicyclic) bond motifs is 1. The van der Waals surface area contributed by atoms with E-state index in [1.165, 1.54) is 18.2 Å². The largest absolute Gasteiger partial charge is 0.478 e. The molecule has 0 saturated carbocycles. The third-order valence-electron chi connectivity index (χ3n) is 3.31. The van der Waals surface area contributed by atoms with Gasteiger partial charge in [-0.1, -0.05) is 30.3 Å². The molecular weight excluding hydrogens is 288 g/mol. The summed E-state index contributed by atoms with van der Waals surface area (Å²) < 4.78 is 4.47. The van der Waals surface area contributed by atoms with Crippen LogP contribution in [0.25, 0.3) is 0 Å². The van der Waals surface area contributed by atoms with Crippen LogP contribution in [-0.4, -0.2) is 28.8 Å². The summed E-state index contributed by atoms with van der Waals surface area (Å²) in [4.78, 5) is 47.3. The minimum Gasteiger partial charge on any atom is -0.478 e. The van der Waals surface area contributed by atoms with Crippen molar-refractivity contribution in [3.05, 3.63) is 70.3 Å². The molecule has 6 heteroatoms. The van der Waals surface area contributed by atoms with E-state index in [1.807, 2.05) is 0 Å². The average Bonchev–Trinajstić information content (AvgIpc) is 2.81. The highest BCUT2D eigenvalue weighted by atomic mass is 16.6. The van der Waals surface area contributed by atoms with Gasteiger partial charge in [0, 0.05) is 5.56 Å². The standard InChI is InChI=1S/C16H8O6/c17-13(8-4-2-1-3-5-8)11-9(14(18)19)6-7-10-12(11)16(21)22-15(10)20/h1-7H,(H,18,19). The summed E-state index contributed by atoms with van der Waals surface area (Å²) >= 11 is 0. The van der Waals surface area contributed by atoms with E-state index in [1.54, 1.807) is 18.2 Å². The molecule has 0 aromatic heterocycles. The topological polar surface area (TPSA) is 97.7 Å². The first kappa shape index (κ1) is 13.7. The Labute approximate surface area is 123 Å². The Kier molecular flexibility index (Phi) is 3.06. The van der Waals surface area contributed by atoms with E-state index >= 15 is 0 Å². The molecule has 3 rings (SSSR count). The molecule has 1 heterocycles. The zero-order valence-electron chi connectivity index (χ0n) is 11.0. The van der Waals surface area contributed by atoms with E-state index in [2.05, 4.69) is 4.74 Å². The zero-order valence-corrected chi connectivity index (χ0v) is 11.0. The van der Waals surface area contributed by atoms with Gasteiger partial charge < -0.3 is 9.84 Å². The van der Waals surface area contributed by atoms with Crippen LogP contribution in [0.15, 0.2) is 42.5 Å². The number of hydrogen-bond donors (Lipinski definition) is 1. The second kappa shape index (κ2) is 4.92. The minimum atomic E-state index is -1.37. The molecule has 0 spiro atoms. The third kappa shape index (κ3) is 1.98. The minimum absolute atomic E-state index is 0.103. The molecule has 6 nitrogen and oxygen atoms in total. The van der Waals surface area contributed by atoms with Gasteiger partial charge >= 0.3 is 17.9 Å². The van der Waals surface area contributed by atoms with Gasteiger partial charge in [0.2, 0.25) is 0 Å². The normalized spacial score (nSPS) is 12.7. The molecule has 2 aromatic carbocycles. The van der Waals surface area contributed by atoms with E-state index in [4.69, 9.17) is 0 Å². The van der Waals surface area contributed by atoms with Crippen molar-refractivity contribution in [1.82, 2.24) is 0 Å². The number of carbonyl (C=O) groups is 4. The molecule has 22 heavy (non-hydrogen) atoms. The highest BCUT2D eigenvalue weighted by Gasteiger charge is 2.37. The Morgan fingerprint density at radius 1 is 0.909 bits per heavy atom. The highest BCUT2D eigenvalue weighted by Crippen LogP contribution is 2.28. The number of aromatic carboxylic acids is 1. The summed E-state index contributed by atoms with van der Waals surface area (Å²) in [7, 11) is 0. The Balaban J connectivity index is 2.30. The maximum Gasteiger partial charge on any atom is 0.347 e. The number of cyclic esters (lactones) is 2. The molecule has 1 aliphatic heterocycles. The van der Waals surface area contributed by atoms with Crippen LogP contribution in [0.1, 0.15) is 47.0 Å². The van der Waals surface area contributed by atoms with Gasteiger partial charge in [0.1, 0.15) is 0 Å². The fourth-order valence-corrected chi connectivity index (χ4v) is 2.32. The van der Waals surface area contributed by atoms with E-state index in [9.17, 15) is 24.3 Å². The van der Waals surface area contributed by atoms with Gasteiger partial charge in [-0.15, -0.1) is 0 Å². The van der Waals surface area contributed by atoms with Gasteiger partial charge in [0.05, 0.1) is 22.3 Å². The van der Waals surface area contributed by atoms with Gasteiger partial charge in [-0.25, -0.2) is 14.4 Å². The van der Waals surface area contributed by atoms with Gasteiger partial charge in [-0.3, -0.25) is 4.79 Å². The lowest BCUT2D eigenvalue weighted by Gasteiger charge is -2.08. The van der Waals surface area contributed by atoms with Crippen molar-refractivity contribution in [3.63, 3.8) is 0 Å². The number of carboxylic acid groups (broad SMARTS) is 1. The number of ketones is 1. The van der Waals surface area contributed by atoms with Crippen LogP contribution < -0.4 is 0 Å². The predicted molar refractivity (Wildman–Crippen MR) is 73.0 cm³/mol. The van der Waals surface area contributed by atoms with Crippen LogP contribution in [-0.2, 0) is 4.74 Å². The fraction of sp³-hybridized carbons (Fsp3) is 0. The number of rotatable bonds is 3. The van der Waals surface area contributed by atoms with Gasteiger partial charge in [0.15, 0.2) is 5.78 Å². The molecule has 1 aliphatic rings. The van der Waals surface area contributed by atoms with E-state index in [0.717, 1.165) is 6.07 Å². The SMILES string of the molecule is O=C(O)c1ccc2c(c1C(=O)c1ccccc1)C(=O)OC2=O. The molecule has 0 saturated heterocycles. The van der Waals surface area contributed by atoms with Crippen molar-refractivity contribution in [2.75, 3.05) is 0 Å². The number of hydrogen-bond acceptors (Lipinski definition) is 5. The first-order valence-electron chi connectivity index (χ1n) is 6.27. The fourth-order valence-electron chi connectivity index (χ4n) is 2.32. The Morgan fingerprint density at radius 2 is 1.59 bits per heavy atom. The van der Waals surface area contributed by atoms with Gasteiger partial charge in [-0.2, -0.15) is 0 Å². The first-order valence-corrected chi connectivity index (χ1v) is 6.27. The summed E-state index contributed by atoms with van der Waals surface area (Å²) in [5.74, 6) is -3.92. The van der Waals surface area contributed by atoms with Gasteiger partial charge in [0.25, 0.3) is 0 Å². The second-order valence-corrected chi connectivity index (χ2v) is 4.59. The average molecular weight is 296 g/mol. The predicted octanol–water partition coefficient (Wildman–Crippen LogP) is 1.93. The number of carbonyl (C=O) groups excluding carboxylic acids is 3. The van der Waals surface area contributed by atoms with Crippen molar-refractivity contribution in [2.24, 2.45) is 0 Å². The van der Waals surface area contributed by atoms with E-state index in [-0.39, 0.29) is 27.8 Å². The lowest BCUT2D eigenvalue weighted by Crippen LogP contribution is -2.15. The Bertz CT molecular complexity index is 835. The summed E-state index contributed by atoms with van der Waals surface area (Å²) in [5, 5.41) is 9.26. The van der Waals surface area contributed by atoms with Crippen LogP contribution in [0.5, 0.6) is 0 Å². The van der Waals surface area contributed by atoms with Crippen molar-refractivity contribution in [2.45, 2.75) is 0 Å². The Morgan fingerprint density at radius 3 is 2.23 bits per heavy atom. The second-order valence-electron chi connectivity index (χ2n) is 4.59. The number of esters is 2. The van der Waals surface area contributed by atoms with Crippen molar-refractivity contribution < 1.29 is 29.0 Å². The quantitative estimate of drug-likeness (QED) is 0.528. The van der Waals surface area contributed by atoms with Crippen LogP contribution in [0.4, 0.5) is 0 Å².